The Hall–Kier alpha value is -3.35. The quantitative estimate of drug-likeness (QED) is 0.152. The van der Waals surface area contributed by atoms with Crippen molar-refractivity contribution < 1.29 is 24.2 Å². The van der Waals surface area contributed by atoms with Crippen molar-refractivity contribution in [2.45, 2.75) is 118 Å². The summed E-state index contributed by atoms with van der Waals surface area (Å²) in [5, 5.41) is 6.15. The summed E-state index contributed by atoms with van der Waals surface area (Å²) in [6.07, 6.45) is 11.0. The van der Waals surface area contributed by atoms with E-state index in [2.05, 4.69) is 168 Å². The number of fused-ring (bicyclic) bond motifs is 5. The van der Waals surface area contributed by atoms with Gasteiger partial charge in [-0.25, -0.2) is 12.2 Å². The van der Waals surface area contributed by atoms with E-state index in [1.807, 2.05) is 36.4 Å². The van der Waals surface area contributed by atoms with Crippen LogP contribution in [-0.2, 0) is 52.3 Å². The van der Waals surface area contributed by atoms with E-state index in [0.717, 1.165) is 33.7 Å². The maximum atomic E-state index is 6.38. The number of benzene rings is 6. The minimum Gasteiger partial charge on any atom is -0.273 e. The molecule has 0 aromatic heterocycles. The van der Waals surface area contributed by atoms with Crippen molar-refractivity contribution in [1.29, 1.82) is 0 Å². The molecule has 0 N–H and O–H groups in total. The predicted molar refractivity (Wildman–Crippen MR) is 251 cm³/mol. The van der Waals surface area contributed by atoms with E-state index in [1.54, 1.807) is 0 Å². The van der Waals surface area contributed by atoms with Gasteiger partial charge in [-0.1, -0.05) is 106 Å². The molecule has 0 unspecified atom stereocenters. The molecule has 0 amide bonds. The first-order valence-corrected chi connectivity index (χ1v) is 22.5. The van der Waals surface area contributed by atoms with Gasteiger partial charge in [-0.2, -0.15) is 23.8 Å². The van der Waals surface area contributed by atoms with E-state index < -0.39 is 0 Å². The van der Waals surface area contributed by atoms with Crippen LogP contribution >= 0.6 is 23.2 Å². The predicted octanol–water partition coefficient (Wildman–Crippen LogP) is 16.0. The van der Waals surface area contributed by atoms with Gasteiger partial charge in [0.1, 0.15) is 0 Å². The van der Waals surface area contributed by atoms with E-state index in [0.29, 0.717) is 0 Å². The van der Waals surface area contributed by atoms with Crippen molar-refractivity contribution in [3.8, 4) is 11.1 Å². The minimum atomic E-state index is 0.0968. The summed E-state index contributed by atoms with van der Waals surface area (Å²) in [7, 11) is 0. The fraction of sp³-hybridized carbons (Fsp3) is 0.327. The van der Waals surface area contributed by atoms with Crippen LogP contribution in [0.15, 0.2) is 109 Å². The first-order chi connectivity index (χ1) is 27.1. The van der Waals surface area contributed by atoms with E-state index in [4.69, 9.17) is 23.2 Å². The summed E-state index contributed by atoms with van der Waals surface area (Å²) >= 11 is 14.1. The Morgan fingerprint density at radius 2 is 1.02 bits per heavy atom. The number of hydrogen-bond acceptors (Lipinski definition) is 0. The molecule has 8 rings (SSSR count). The summed E-state index contributed by atoms with van der Waals surface area (Å²) in [6, 6.07) is 36.2. The largest absolute Gasteiger partial charge is 0.273 e. The normalized spacial score (nSPS) is 13.5. The molecule has 0 nitrogen and oxygen atoms in total. The van der Waals surface area contributed by atoms with Crippen LogP contribution in [0.3, 0.4) is 0 Å². The SMILES string of the molecule is CC(C)(C)c1[c-]c2c(cc1C(C)(C)C)-c1cc(C(C)(C)C)c(C(C)(C)C)cc1C2.Clc1ccc([C](=[Zr+2])c2ccc(Cl)c3ccccc23)c2ccccc12.[C-]1=CC=CC1. The summed E-state index contributed by atoms with van der Waals surface area (Å²) in [5.74, 6) is 0. The zero-order valence-electron chi connectivity index (χ0n) is 36.6. The summed E-state index contributed by atoms with van der Waals surface area (Å²) < 4.78 is 1.31. The fourth-order valence-electron chi connectivity index (χ4n) is 8.07. The summed E-state index contributed by atoms with van der Waals surface area (Å²) in [5.41, 5.74) is 14.4. The smallest absolute Gasteiger partial charge is 0.109 e. The molecule has 58 heavy (non-hydrogen) atoms. The molecule has 0 atom stereocenters. The molecule has 2 aliphatic carbocycles. The summed E-state index contributed by atoms with van der Waals surface area (Å²) in [6.45, 7) is 28.0. The van der Waals surface area contributed by atoms with Gasteiger partial charge in [-0.3, -0.25) is 6.08 Å². The van der Waals surface area contributed by atoms with Crippen LogP contribution < -0.4 is 0 Å². The van der Waals surface area contributed by atoms with Gasteiger partial charge in [0.15, 0.2) is 0 Å². The van der Waals surface area contributed by atoms with E-state index in [-0.39, 0.29) is 21.7 Å². The third-order valence-electron chi connectivity index (χ3n) is 11.1. The zero-order valence-corrected chi connectivity index (χ0v) is 40.5. The minimum absolute atomic E-state index is 0.0968. The second-order valence-corrected chi connectivity index (χ2v) is 21.9. The van der Waals surface area contributed by atoms with E-state index in [9.17, 15) is 0 Å². The number of hydrogen-bond donors (Lipinski definition) is 0. The van der Waals surface area contributed by atoms with Crippen LogP contribution in [0.2, 0.25) is 10.0 Å². The van der Waals surface area contributed by atoms with Gasteiger partial charge in [0.05, 0.1) is 0 Å². The molecule has 6 aromatic carbocycles. The Kier molecular flexibility index (Phi) is 12.9. The van der Waals surface area contributed by atoms with Crippen molar-refractivity contribution >= 4 is 48.0 Å². The van der Waals surface area contributed by atoms with Crippen LogP contribution in [0, 0.1) is 12.1 Å². The molecule has 0 heterocycles. The molecule has 0 bridgehead atoms. The molecule has 0 saturated carbocycles. The second-order valence-electron chi connectivity index (χ2n) is 19.8. The van der Waals surface area contributed by atoms with Crippen LogP contribution in [-0.4, -0.2) is 3.21 Å². The maximum absolute atomic E-state index is 6.38. The van der Waals surface area contributed by atoms with Crippen LogP contribution in [0.25, 0.3) is 32.7 Å². The molecule has 3 heteroatoms. The first kappa shape index (κ1) is 44.2. The van der Waals surface area contributed by atoms with Gasteiger partial charge in [0, 0.05) is 0 Å². The van der Waals surface area contributed by atoms with Gasteiger partial charge in [0.2, 0.25) is 0 Å². The van der Waals surface area contributed by atoms with Crippen LogP contribution in [0.4, 0.5) is 0 Å². The molecular weight excluding hydrogens is 823 g/mol. The molecule has 0 aliphatic heterocycles. The van der Waals surface area contributed by atoms with E-state index in [1.165, 1.54) is 93.8 Å². The molecule has 0 spiro atoms. The Bertz CT molecular complexity index is 2400. The number of rotatable bonds is 2. The van der Waals surface area contributed by atoms with Crippen molar-refractivity contribution in [2.24, 2.45) is 0 Å². The Labute approximate surface area is 374 Å². The van der Waals surface area contributed by atoms with Crippen molar-refractivity contribution in [3.05, 3.63) is 176 Å². The van der Waals surface area contributed by atoms with Gasteiger partial charge in [-0.15, -0.1) is 23.1 Å². The van der Waals surface area contributed by atoms with Crippen molar-refractivity contribution in [3.63, 3.8) is 0 Å². The Balaban J connectivity index is 0.000000176. The average Bonchev–Trinajstić information content (AvgIpc) is 3.85. The Morgan fingerprint density at radius 3 is 1.43 bits per heavy atom. The number of halogens is 2. The average molecular weight is 881 g/mol. The molecule has 0 saturated heterocycles. The standard InChI is InChI=1S/C29H41.C21H12Cl2.C5H5.Zr/c1-26(2,3)22-14-18-13-19-15-23(27(4,5)6)25(29(10,11)12)17-21(19)20(18)16-24(22)28(7,8)9;22-20-11-9-14(16-5-1-3-7-18(16)20)13-15-10-12-21(23)19-8-4-2-6-17(15)19;1-2-4-5-3-1;/h14,16-17H,13H2,1-12H3;1-12H;1-3H,4H2;/q-1;;-1;+2. The zero-order chi connectivity index (χ0) is 42.4. The Morgan fingerprint density at radius 1 is 0.552 bits per heavy atom. The third kappa shape index (κ3) is 9.49. The topological polar surface area (TPSA) is 0 Å². The van der Waals surface area contributed by atoms with Gasteiger partial charge in [-0.05, 0) is 39.4 Å². The van der Waals surface area contributed by atoms with Gasteiger partial charge >= 0.3 is 166 Å². The molecule has 296 valence electrons. The molecule has 0 radical (unpaired) electrons. The molecule has 2 aliphatic rings. The van der Waals surface area contributed by atoms with Crippen LogP contribution in [0.5, 0.6) is 0 Å². The first-order valence-electron chi connectivity index (χ1n) is 20.5. The second kappa shape index (κ2) is 17.0. The van der Waals surface area contributed by atoms with Crippen LogP contribution in [0.1, 0.15) is 134 Å². The molecule has 0 fully saturated rings. The molecular formula is C55H58Cl2Zr. The monoisotopic (exact) mass is 878 g/mol. The third-order valence-corrected chi connectivity index (χ3v) is 13.1. The molecule has 6 aromatic rings. The summed E-state index contributed by atoms with van der Waals surface area (Å²) in [4.78, 5) is 0. The maximum Gasteiger partial charge on any atom is -0.109 e. The van der Waals surface area contributed by atoms with Gasteiger partial charge in [0.25, 0.3) is 0 Å². The van der Waals surface area contributed by atoms with Crippen molar-refractivity contribution in [2.75, 3.05) is 0 Å². The number of allylic oxidation sites excluding steroid dienone is 4. The van der Waals surface area contributed by atoms with Crippen molar-refractivity contribution in [1.82, 2.24) is 0 Å². The van der Waals surface area contributed by atoms with Gasteiger partial charge < -0.3 is 0 Å². The fourth-order valence-corrected chi connectivity index (χ4v) is 9.60. The van der Waals surface area contributed by atoms with E-state index >= 15 is 0 Å².